The minimum absolute atomic E-state index is 0.0563. The predicted octanol–water partition coefficient (Wildman–Crippen LogP) is 2.13. The highest BCUT2D eigenvalue weighted by molar-refractivity contribution is 5.85. The molecule has 5 heteroatoms. The molecular weight excluding hydrogens is 276 g/mol. The van der Waals surface area contributed by atoms with Gasteiger partial charge in [-0.2, -0.15) is 0 Å². The Morgan fingerprint density at radius 2 is 2.00 bits per heavy atom. The molecule has 2 fully saturated rings. The van der Waals surface area contributed by atoms with Gasteiger partial charge in [0, 0.05) is 25.7 Å². The minimum atomic E-state index is 0.0563. The summed E-state index contributed by atoms with van der Waals surface area (Å²) in [6.45, 7) is 9.72. The molecule has 0 atom stereocenters. The number of hydrogen-bond acceptors (Lipinski definition) is 2. The van der Waals surface area contributed by atoms with Crippen LogP contribution in [0.5, 0.6) is 0 Å². The van der Waals surface area contributed by atoms with Crippen LogP contribution >= 0.6 is 0 Å². The highest BCUT2D eigenvalue weighted by Gasteiger charge is 2.30. The summed E-state index contributed by atoms with van der Waals surface area (Å²) in [4.78, 5) is 18.9. The van der Waals surface area contributed by atoms with E-state index in [1.165, 1.54) is 25.7 Å². The predicted molar refractivity (Wildman–Crippen MR) is 91.0 cm³/mol. The second-order valence-corrected chi connectivity index (χ2v) is 7.41. The van der Waals surface area contributed by atoms with Gasteiger partial charge in [-0.25, -0.2) is 4.99 Å². The van der Waals surface area contributed by atoms with Crippen LogP contribution in [0.2, 0.25) is 0 Å². The number of aliphatic imine (C=N–C) groups is 1. The second kappa shape index (κ2) is 7.84. The molecule has 1 heterocycles. The Labute approximate surface area is 134 Å². The summed E-state index contributed by atoms with van der Waals surface area (Å²) in [5, 5.41) is 6.45. The number of likely N-dealkylation sites (tertiary alicyclic amines) is 1. The normalized spacial score (nSPS) is 22.7. The smallest absolute Gasteiger partial charge is 0.242 e. The SMILES string of the molecule is CCNC(=NCC(=O)NC1CCCCC1)N1CCC(C)(C)C1. The standard InChI is InChI=1S/C17H32N4O/c1-4-18-16(21-11-10-17(2,3)13-21)19-12-15(22)20-14-8-6-5-7-9-14/h14H,4-13H2,1-3H3,(H,18,19)(H,20,22). The van der Waals surface area contributed by atoms with Gasteiger partial charge in [0.2, 0.25) is 5.91 Å². The second-order valence-electron chi connectivity index (χ2n) is 7.41. The molecule has 0 aromatic rings. The monoisotopic (exact) mass is 308 g/mol. The van der Waals surface area contributed by atoms with Gasteiger partial charge < -0.3 is 15.5 Å². The van der Waals surface area contributed by atoms with E-state index in [2.05, 4.69) is 41.3 Å². The van der Waals surface area contributed by atoms with Crippen LogP contribution in [0.1, 0.15) is 59.3 Å². The highest BCUT2D eigenvalue weighted by atomic mass is 16.1. The first-order chi connectivity index (χ1) is 10.5. The van der Waals surface area contributed by atoms with E-state index < -0.39 is 0 Å². The largest absolute Gasteiger partial charge is 0.357 e. The maximum atomic E-state index is 12.1. The van der Waals surface area contributed by atoms with Crippen molar-refractivity contribution in [1.29, 1.82) is 0 Å². The Kier molecular flexibility index (Phi) is 6.09. The third-order valence-electron chi connectivity index (χ3n) is 4.65. The van der Waals surface area contributed by atoms with Crippen LogP contribution < -0.4 is 10.6 Å². The van der Waals surface area contributed by atoms with Crippen molar-refractivity contribution in [2.24, 2.45) is 10.4 Å². The van der Waals surface area contributed by atoms with E-state index in [1.807, 2.05) is 0 Å². The number of nitrogens with zero attached hydrogens (tertiary/aromatic N) is 2. The molecule has 0 aromatic heterocycles. The van der Waals surface area contributed by atoms with Crippen LogP contribution in [0, 0.1) is 5.41 Å². The summed E-state index contributed by atoms with van der Waals surface area (Å²) in [6, 6.07) is 0.366. The minimum Gasteiger partial charge on any atom is -0.357 e. The van der Waals surface area contributed by atoms with Crippen molar-refractivity contribution in [3.8, 4) is 0 Å². The molecule has 1 aliphatic carbocycles. The van der Waals surface area contributed by atoms with E-state index in [9.17, 15) is 4.79 Å². The van der Waals surface area contributed by atoms with Crippen LogP contribution in [0.3, 0.4) is 0 Å². The molecule has 0 unspecified atom stereocenters. The van der Waals surface area contributed by atoms with Crippen molar-refractivity contribution in [3.63, 3.8) is 0 Å². The van der Waals surface area contributed by atoms with Crippen molar-refractivity contribution in [2.45, 2.75) is 65.3 Å². The lowest BCUT2D eigenvalue weighted by Gasteiger charge is -2.24. The number of amides is 1. The van der Waals surface area contributed by atoms with Crippen molar-refractivity contribution in [3.05, 3.63) is 0 Å². The Morgan fingerprint density at radius 3 is 2.59 bits per heavy atom. The molecule has 1 aliphatic heterocycles. The van der Waals surface area contributed by atoms with E-state index in [4.69, 9.17) is 0 Å². The van der Waals surface area contributed by atoms with Crippen LogP contribution in [-0.2, 0) is 4.79 Å². The molecule has 1 saturated carbocycles. The van der Waals surface area contributed by atoms with Crippen LogP contribution in [-0.4, -0.2) is 49.0 Å². The number of rotatable bonds is 4. The molecule has 2 aliphatic rings. The fraction of sp³-hybridized carbons (Fsp3) is 0.882. The number of carbonyl (C=O) groups excluding carboxylic acids is 1. The number of carbonyl (C=O) groups is 1. The first kappa shape index (κ1) is 17.1. The van der Waals surface area contributed by atoms with Gasteiger partial charge in [-0.15, -0.1) is 0 Å². The first-order valence-electron chi connectivity index (χ1n) is 8.83. The van der Waals surface area contributed by atoms with E-state index in [0.29, 0.717) is 11.5 Å². The summed E-state index contributed by atoms with van der Waals surface area (Å²) >= 11 is 0. The quantitative estimate of drug-likeness (QED) is 0.618. The first-order valence-corrected chi connectivity index (χ1v) is 8.83. The van der Waals surface area contributed by atoms with Gasteiger partial charge in [-0.05, 0) is 31.6 Å². The Bertz CT molecular complexity index is 399. The Morgan fingerprint density at radius 1 is 1.27 bits per heavy atom. The zero-order chi connectivity index (χ0) is 16.0. The van der Waals surface area contributed by atoms with Gasteiger partial charge in [0.25, 0.3) is 0 Å². The number of guanidine groups is 1. The van der Waals surface area contributed by atoms with Crippen LogP contribution in [0.4, 0.5) is 0 Å². The lowest BCUT2D eigenvalue weighted by atomic mass is 9.93. The molecule has 2 N–H and O–H groups in total. The van der Waals surface area contributed by atoms with Crippen LogP contribution in [0.25, 0.3) is 0 Å². The van der Waals surface area contributed by atoms with Gasteiger partial charge in [0.05, 0.1) is 0 Å². The molecule has 1 saturated heterocycles. The average molecular weight is 308 g/mol. The topological polar surface area (TPSA) is 56.7 Å². The molecule has 0 spiro atoms. The Hall–Kier alpha value is -1.26. The molecule has 0 radical (unpaired) electrons. The third-order valence-corrected chi connectivity index (χ3v) is 4.65. The van der Waals surface area contributed by atoms with Crippen molar-refractivity contribution in [1.82, 2.24) is 15.5 Å². The van der Waals surface area contributed by atoms with E-state index in [-0.39, 0.29) is 12.5 Å². The molecule has 1 amide bonds. The lowest BCUT2D eigenvalue weighted by molar-refractivity contribution is -0.120. The van der Waals surface area contributed by atoms with Gasteiger partial charge in [0.15, 0.2) is 5.96 Å². The summed E-state index contributed by atoms with van der Waals surface area (Å²) in [5.74, 6) is 0.938. The summed E-state index contributed by atoms with van der Waals surface area (Å²) in [7, 11) is 0. The van der Waals surface area contributed by atoms with Gasteiger partial charge >= 0.3 is 0 Å². The highest BCUT2D eigenvalue weighted by Crippen LogP contribution is 2.28. The number of nitrogens with one attached hydrogen (secondary N) is 2. The van der Waals surface area contributed by atoms with Gasteiger partial charge in [0.1, 0.15) is 6.54 Å². The Balaban J connectivity index is 1.85. The van der Waals surface area contributed by atoms with Crippen molar-refractivity contribution >= 4 is 11.9 Å². The van der Waals surface area contributed by atoms with Gasteiger partial charge in [-0.1, -0.05) is 33.1 Å². The maximum absolute atomic E-state index is 12.1. The zero-order valence-electron chi connectivity index (χ0n) is 14.5. The summed E-state index contributed by atoms with van der Waals surface area (Å²) < 4.78 is 0. The zero-order valence-corrected chi connectivity index (χ0v) is 14.5. The van der Waals surface area contributed by atoms with E-state index in [0.717, 1.165) is 38.4 Å². The number of hydrogen-bond donors (Lipinski definition) is 2. The van der Waals surface area contributed by atoms with Gasteiger partial charge in [-0.3, -0.25) is 4.79 Å². The lowest BCUT2D eigenvalue weighted by Crippen LogP contribution is -2.42. The van der Waals surface area contributed by atoms with E-state index in [1.54, 1.807) is 0 Å². The molecule has 0 bridgehead atoms. The molecule has 5 nitrogen and oxygen atoms in total. The fourth-order valence-electron chi connectivity index (χ4n) is 3.39. The molecule has 126 valence electrons. The third kappa shape index (κ3) is 5.18. The molecule has 22 heavy (non-hydrogen) atoms. The van der Waals surface area contributed by atoms with E-state index >= 15 is 0 Å². The fourth-order valence-corrected chi connectivity index (χ4v) is 3.39. The van der Waals surface area contributed by atoms with Crippen molar-refractivity contribution in [2.75, 3.05) is 26.2 Å². The molecule has 0 aromatic carbocycles. The summed E-state index contributed by atoms with van der Waals surface area (Å²) in [5.41, 5.74) is 0.334. The maximum Gasteiger partial charge on any atom is 0.242 e. The summed E-state index contributed by atoms with van der Waals surface area (Å²) in [6.07, 6.45) is 7.19. The molecular formula is C17H32N4O. The average Bonchev–Trinajstić information content (AvgIpc) is 2.84. The van der Waals surface area contributed by atoms with Crippen molar-refractivity contribution < 1.29 is 4.79 Å². The van der Waals surface area contributed by atoms with Crippen LogP contribution in [0.15, 0.2) is 4.99 Å². The molecule has 2 rings (SSSR count).